The summed E-state index contributed by atoms with van der Waals surface area (Å²) in [6, 6.07) is 7.98. The van der Waals surface area contributed by atoms with Crippen LogP contribution < -0.4 is 9.47 Å². The summed E-state index contributed by atoms with van der Waals surface area (Å²) in [6.07, 6.45) is 15.3. The molecular weight excluding hydrogens is 388 g/mol. The highest BCUT2D eigenvalue weighted by Crippen LogP contribution is 2.20. The Morgan fingerprint density at radius 3 is 1.77 bits per heavy atom. The molecule has 0 saturated carbocycles. The van der Waals surface area contributed by atoms with Crippen LogP contribution in [0, 0.1) is 0 Å². The smallest absolute Gasteiger partial charge is 0.159 e. The number of aromatic nitrogens is 2. The fourth-order valence-electron chi connectivity index (χ4n) is 3.19. The van der Waals surface area contributed by atoms with Crippen molar-refractivity contribution in [3.8, 4) is 22.9 Å². The molecule has 2 rings (SSSR count). The molecule has 0 N–H and O–H groups in total. The Morgan fingerprint density at radius 2 is 1.10 bits per heavy atom. The molecular formula is C26H40N2O3. The van der Waals surface area contributed by atoms with Crippen LogP contribution in [0.1, 0.15) is 78.1 Å². The summed E-state index contributed by atoms with van der Waals surface area (Å²) >= 11 is 0. The second-order valence-corrected chi connectivity index (χ2v) is 7.90. The van der Waals surface area contributed by atoms with Gasteiger partial charge in [-0.15, -0.1) is 0 Å². The summed E-state index contributed by atoms with van der Waals surface area (Å²) in [5, 5.41) is 0. The van der Waals surface area contributed by atoms with Crippen molar-refractivity contribution in [1.29, 1.82) is 0 Å². The number of ether oxygens (including phenoxy) is 3. The van der Waals surface area contributed by atoms with Gasteiger partial charge in [-0.25, -0.2) is 9.97 Å². The number of benzene rings is 1. The monoisotopic (exact) mass is 428 g/mol. The van der Waals surface area contributed by atoms with E-state index in [1.165, 1.54) is 38.5 Å². The van der Waals surface area contributed by atoms with Crippen LogP contribution in [0.2, 0.25) is 0 Å². The molecule has 5 nitrogen and oxygen atoms in total. The van der Waals surface area contributed by atoms with E-state index in [9.17, 15) is 0 Å². The molecule has 0 unspecified atom stereocenters. The van der Waals surface area contributed by atoms with Crippen LogP contribution in [0.4, 0.5) is 0 Å². The molecule has 0 aliphatic heterocycles. The van der Waals surface area contributed by atoms with Gasteiger partial charge in [0.05, 0.1) is 25.6 Å². The van der Waals surface area contributed by atoms with E-state index in [1.807, 2.05) is 24.3 Å². The van der Waals surface area contributed by atoms with Crippen molar-refractivity contribution in [1.82, 2.24) is 9.97 Å². The van der Waals surface area contributed by atoms with Crippen molar-refractivity contribution in [2.24, 2.45) is 0 Å². The molecule has 31 heavy (non-hydrogen) atoms. The molecule has 172 valence electrons. The van der Waals surface area contributed by atoms with E-state index in [1.54, 1.807) is 12.4 Å². The van der Waals surface area contributed by atoms with E-state index in [0.29, 0.717) is 18.2 Å². The normalized spacial score (nSPS) is 10.9. The Morgan fingerprint density at radius 1 is 0.581 bits per heavy atom. The third-order valence-electron chi connectivity index (χ3n) is 5.10. The molecule has 1 aromatic carbocycles. The molecule has 0 fully saturated rings. The summed E-state index contributed by atoms with van der Waals surface area (Å²) in [4.78, 5) is 8.88. The first kappa shape index (κ1) is 25.1. The zero-order valence-corrected chi connectivity index (χ0v) is 19.5. The third kappa shape index (κ3) is 11.2. The predicted molar refractivity (Wildman–Crippen MR) is 127 cm³/mol. The first-order valence-electron chi connectivity index (χ1n) is 12.1. The van der Waals surface area contributed by atoms with E-state index in [2.05, 4.69) is 23.8 Å². The van der Waals surface area contributed by atoms with Gasteiger partial charge in [0.2, 0.25) is 0 Å². The molecule has 0 radical (unpaired) electrons. The van der Waals surface area contributed by atoms with Crippen LogP contribution in [0.3, 0.4) is 0 Å². The Kier molecular flexibility index (Phi) is 13.4. The molecule has 0 atom stereocenters. The van der Waals surface area contributed by atoms with Gasteiger partial charge in [-0.3, -0.25) is 0 Å². The highest BCUT2D eigenvalue weighted by atomic mass is 16.5. The predicted octanol–water partition coefficient (Wildman–Crippen LogP) is 6.86. The molecule has 0 aliphatic carbocycles. The van der Waals surface area contributed by atoms with E-state index in [-0.39, 0.29) is 0 Å². The maximum absolute atomic E-state index is 5.82. The maximum Gasteiger partial charge on any atom is 0.159 e. The van der Waals surface area contributed by atoms with Gasteiger partial charge in [-0.05, 0) is 49.9 Å². The SMILES string of the molecule is CCCCCCCOc1ccc(-c2ncc(OCCCCOCCCCC)cn2)cc1. The Balaban J connectivity index is 1.62. The number of nitrogens with zero attached hydrogens (tertiary/aromatic N) is 2. The van der Waals surface area contributed by atoms with Crippen molar-refractivity contribution in [3.63, 3.8) is 0 Å². The van der Waals surface area contributed by atoms with Crippen molar-refractivity contribution in [2.45, 2.75) is 78.1 Å². The van der Waals surface area contributed by atoms with E-state index in [0.717, 1.165) is 56.8 Å². The lowest BCUT2D eigenvalue weighted by molar-refractivity contribution is 0.122. The van der Waals surface area contributed by atoms with Crippen molar-refractivity contribution < 1.29 is 14.2 Å². The average molecular weight is 429 g/mol. The Labute approximate surface area is 188 Å². The van der Waals surface area contributed by atoms with Crippen LogP contribution in [-0.2, 0) is 4.74 Å². The quantitative estimate of drug-likeness (QED) is 0.243. The fourth-order valence-corrected chi connectivity index (χ4v) is 3.19. The molecule has 5 heteroatoms. The lowest BCUT2D eigenvalue weighted by atomic mass is 10.2. The molecule has 0 aliphatic rings. The van der Waals surface area contributed by atoms with Crippen molar-refractivity contribution in [2.75, 3.05) is 26.4 Å². The average Bonchev–Trinajstić information content (AvgIpc) is 2.81. The van der Waals surface area contributed by atoms with Gasteiger partial charge in [0.15, 0.2) is 11.6 Å². The maximum atomic E-state index is 5.82. The fraction of sp³-hybridized carbons (Fsp3) is 0.615. The Bertz CT molecular complexity index is 674. The Hall–Kier alpha value is -2.14. The summed E-state index contributed by atoms with van der Waals surface area (Å²) in [5.74, 6) is 2.29. The molecule has 1 heterocycles. The lowest BCUT2D eigenvalue weighted by Gasteiger charge is -2.08. The van der Waals surface area contributed by atoms with Gasteiger partial charge in [0.25, 0.3) is 0 Å². The zero-order valence-electron chi connectivity index (χ0n) is 19.5. The van der Waals surface area contributed by atoms with E-state index in [4.69, 9.17) is 14.2 Å². The number of unbranched alkanes of at least 4 members (excludes halogenated alkanes) is 7. The largest absolute Gasteiger partial charge is 0.494 e. The van der Waals surface area contributed by atoms with Crippen LogP contribution in [0.5, 0.6) is 11.5 Å². The van der Waals surface area contributed by atoms with Gasteiger partial charge in [-0.1, -0.05) is 52.4 Å². The summed E-state index contributed by atoms with van der Waals surface area (Å²) in [7, 11) is 0. The molecule has 0 spiro atoms. The summed E-state index contributed by atoms with van der Waals surface area (Å²) in [6.45, 7) is 7.55. The standard InChI is InChI=1S/C26H40N2O3/c1-3-5-7-8-10-19-30-24-15-13-23(14-16-24)26-27-21-25(22-28-26)31-20-12-11-18-29-17-9-6-4-2/h13-16,21-22H,3-12,17-20H2,1-2H3. The number of hydrogen-bond acceptors (Lipinski definition) is 5. The van der Waals surface area contributed by atoms with Gasteiger partial charge in [0.1, 0.15) is 5.75 Å². The first-order valence-corrected chi connectivity index (χ1v) is 12.1. The summed E-state index contributed by atoms with van der Waals surface area (Å²) < 4.78 is 17.2. The number of hydrogen-bond donors (Lipinski definition) is 0. The molecule has 1 aromatic heterocycles. The molecule has 2 aromatic rings. The lowest BCUT2D eigenvalue weighted by Crippen LogP contribution is -2.02. The zero-order chi connectivity index (χ0) is 22.0. The molecule has 0 bridgehead atoms. The van der Waals surface area contributed by atoms with Crippen LogP contribution >= 0.6 is 0 Å². The van der Waals surface area contributed by atoms with Crippen molar-refractivity contribution in [3.05, 3.63) is 36.7 Å². The minimum atomic E-state index is 0.658. The minimum absolute atomic E-state index is 0.658. The molecule has 0 amide bonds. The van der Waals surface area contributed by atoms with Gasteiger partial charge in [-0.2, -0.15) is 0 Å². The third-order valence-corrected chi connectivity index (χ3v) is 5.10. The number of rotatable bonds is 18. The van der Waals surface area contributed by atoms with E-state index >= 15 is 0 Å². The van der Waals surface area contributed by atoms with Crippen LogP contribution in [0.15, 0.2) is 36.7 Å². The highest BCUT2D eigenvalue weighted by molar-refractivity contribution is 5.56. The van der Waals surface area contributed by atoms with Crippen molar-refractivity contribution >= 4 is 0 Å². The van der Waals surface area contributed by atoms with Crippen LogP contribution in [0.25, 0.3) is 11.4 Å². The highest BCUT2D eigenvalue weighted by Gasteiger charge is 2.03. The topological polar surface area (TPSA) is 53.5 Å². The van der Waals surface area contributed by atoms with Crippen LogP contribution in [-0.4, -0.2) is 36.4 Å². The van der Waals surface area contributed by atoms with E-state index < -0.39 is 0 Å². The molecule has 0 saturated heterocycles. The second kappa shape index (κ2) is 16.5. The van der Waals surface area contributed by atoms with Gasteiger partial charge < -0.3 is 14.2 Å². The van der Waals surface area contributed by atoms with Gasteiger partial charge in [0, 0.05) is 18.8 Å². The summed E-state index contributed by atoms with van der Waals surface area (Å²) in [5.41, 5.74) is 0.974. The second-order valence-electron chi connectivity index (χ2n) is 7.90. The minimum Gasteiger partial charge on any atom is -0.494 e. The van der Waals surface area contributed by atoms with Gasteiger partial charge >= 0.3 is 0 Å². The first-order chi connectivity index (χ1) is 15.3.